The molecule has 0 amide bonds. The highest BCUT2D eigenvalue weighted by Gasteiger charge is 2.27. The van der Waals surface area contributed by atoms with Gasteiger partial charge in [0.05, 0.1) is 22.5 Å². The van der Waals surface area contributed by atoms with Gasteiger partial charge >= 0.3 is 0 Å². The van der Waals surface area contributed by atoms with Crippen molar-refractivity contribution in [1.29, 1.82) is 0 Å². The second-order valence-electron chi connectivity index (χ2n) is 6.76. The van der Waals surface area contributed by atoms with Gasteiger partial charge in [0.2, 0.25) is 10.0 Å². The van der Waals surface area contributed by atoms with Gasteiger partial charge in [-0.05, 0) is 56.0 Å². The molecule has 2 aromatic carbocycles. The number of hydrogen-bond donors (Lipinski definition) is 1. The first kappa shape index (κ1) is 18.7. The van der Waals surface area contributed by atoms with Crippen LogP contribution in [0.1, 0.15) is 22.3 Å². The maximum atomic E-state index is 12.9. The number of aryl methyl sites for hydroxylation is 3. The Morgan fingerprint density at radius 1 is 0.962 bits per heavy atom. The van der Waals surface area contributed by atoms with E-state index in [0.717, 1.165) is 17.4 Å². The van der Waals surface area contributed by atoms with Crippen molar-refractivity contribution < 1.29 is 16.8 Å². The molecular formula is C18H22N2O4S2. The van der Waals surface area contributed by atoms with Crippen LogP contribution in [-0.2, 0) is 26.5 Å². The average Bonchev–Trinajstić information content (AvgIpc) is 2.88. The smallest absolute Gasteiger partial charge is 0.262 e. The molecule has 2 aromatic rings. The molecule has 1 aliphatic heterocycles. The zero-order valence-corrected chi connectivity index (χ0v) is 16.8. The molecule has 26 heavy (non-hydrogen) atoms. The normalized spacial score (nSPS) is 14.4. The molecule has 0 aromatic heterocycles. The molecule has 0 unspecified atom stereocenters. The monoisotopic (exact) mass is 394 g/mol. The van der Waals surface area contributed by atoms with E-state index in [1.807, 2.05) is 19.1 Å². The summed E-state index contributed by atoms with van der Waals surface area (Å²) in [7, 11) is -7.17. The van der Waals surface area contributed by atoms with Crippen LogP contribution < -0.4 is 9.03 Å². The van der Waals surface area contributed by atoms with Crippen LogP contribution in [0.2, 0.25) is 0 Å². The lowest BCUT2D eigenvalue weighted by Crippen LogP contribution is -2.27. The fraction of sp³-hybridized carbons (Fsp3) is 0.333. The summed E-state index contributed by atoms with van der Waals surface area (Å²) in [6.45, 7) is 5.83. The molecule has 0 aliphatic carbocycles. The van der Waals surface area contributed by atoms with Gasteiger partial charge in [0, 0.05) is 6.54 Å². The molecule has 0 atom stereocenters. The summed E-state index contributed by atoms with van der Waals surface area (Å²) >= 11 is 0. The van der Waals surface area contributed by atoms with Crippen LogP contribution in [0.4, 0.5) is 11.4 Å². The Hall–Kier alpha value is -2.06. The SMILES string of the molecule is Cc1cc(C)c(S(=O)(=O)Nc2ccc3c(c2)N(S(C)(=O)=O)CC3)c(C)c1. The first-order valence-electron chi connectivity index (χ1n) is 8.20. The number of benzene rings is 2. The number of hydrogen-bond acceptors (Lipinski definition) is 4. The van der Waals surface area contributed by atoms with Crippen molar-refractivity contribution in [3.8, 4) is 0 Å². The predicted octanol–water partition coefficient (Wildman–Crippen LogP) is 2.73. The van der Waals surface area contributed by atoms with E-state index in [9.17, 15) is 16.8 Å². The fourth-order valence-corrected chi connectivity index (χ4v) is 6.01. The van der Waals surface area contributed by atoms with Crippen LogP contribution in [0.25, 0.3) is 0 Å². The predicted molar refractivity (Wildman–Crippen MR) is 104 cm³/mol. The van der Waals surface area contributed by atoms with Gasteiger partial charge < -0.3 is 0 Å². The Bertz CT molecular complexity index is 1070. The summed E-state index contributed by atoms with van der Waals surface area (Å²) in [6, 6.07) is 8.68. The molecule has 3 rings (SSSR count). The van der Waals surface area contributed by atoms with Gasteiger partial charge in [-0.3, -0.25) is 9.03 Å². The lowest BCUT2D eigenvalue weighted by Gasteiger charge is -2.18. The molecule has 0 saturated carbocycles. The molecule has 1 aliphatic rings. The molecule has 6 nitrogen and oxygen atoms in total. The molecule has 0 bridgehead atoms. The van der Waals surface area contributed by atoms with Gasteiger partial charge in [0.1, 0.15) is 0 Å². The van der Waals surface area contributed by atoms with Gasteiger partial charge in [-0.1, -0.05) is 23.8 Å². The third-order valence-corrected chi connectivity index (χ3v) is 7.33. The number of anilines is 2. The molecular weight excluding hydrogens is 372 g/mol. The van der Waals surface area contributed by atoms with Crippen molar-refractivity contribution in [1.82, 2.24) is 0 Å². The highest BCUT2D eigenvalue weighted by Crippen LogP contribution is 2.33. The molecule has 1 N–H and O–H groups in total. The summed E-state index contributed by atoms with van der Waals surface area (Å²) < 4.78 is 53.5. The average molecular weight is 395 g/mol. The molecule has 0 saturated heterocycles. The summed E-state index contributed by atoms with van der Waals surface area (Å²) in [5.41, 5.74) is 4.12. The topological polar surface area (TPSA) is 83.6 Å². The van der Waals surface area contributed by atoms with Crippen LogP contribution in [-0.4, -0.2) is 29.6 Å². The van der Waals surface area contributed by atoms with Crippen LogP contribution in [0.5, 0.6) is 0 Å². The Morgan fingerprint density at radius 3 is 2.15 bits per heavy atom. The largest absolute Gasteiger partial charge is 0.280 e. The first-order valence-corrected chi connectivity index (χ1v) is 11.5. The fourth-order valence-electron chi connectivity index (χ4n) is 3.55. The Kier molecular flexibility index (Phi) is 4.52. The maximum absolute atomic E-state index is 12.9. The van der Waals surface area contributed by atoms with Gasteiger partial charge in [-0.15, -0.1) is 0 Å². The van der Waals surface area contributed by atoms with Gasteiger partial charge in [-0.2, -0.15) is 0 Å². The van der Waals surface area contributed by atoms with Crippen LogP contribution >= 0.6 is 0 Å². The third-order valence-electron chi connectivity index (χ3n) is 4.46. The summed E-state index contributed by atoms with van der Waals surface area (Å²) in [6.07, 6.45) is 1.77. The van der Waals surface area contributed by atoms with Crippen molar-refractivity contribution in [2.24, 2.45) is 0 Å². The zero-order valence-electron chi connectivity index (χ0n) is 15.2. The lowest BCUT2D eigenvalue weighted by atomic mass is 10.1. The van der Waals surface area contributed by atoms with Crippen molar-refractivity contribution >= 4 is 31.4 Å². The van der Waals surface area contributed by atoms with E-state index in [1.165, 1.54) is 4.31 Å². The summed E-state index contributed by atoms with van der Waals surface area (Å²) in [4.78, 5) is 0.253. The molecule has 1 heterocycles. The van der Waals surface area contributed by atoms with E-state index in [0.29, 0.717) is 35.5 Å². The standard InChI is InChI=1S/C18H22N2O4S2/c1-12-9-13(2)18(14(3)10-12)26(23,24)19-16-6-5-15-7-8-20(17(15)11-16)25(4,21)22/h5-6,9-11,19H,7-8H2,1-4H3. The second-order valence-corrected chi connectivity index (χ2v) is 10.3. The Labute approximate surface area is 155 Å². The van der Waals surface area contributed by atoms with Crippen LogP contribution in [0.3, 0.4) is 0 Å². The van der Waals surface area contributed by atoms with Crippen LogP contribution in [0, 0.1) is 20.8 Å². The molecule has 8 heteroatoms. The number of nitrogens with zero attached hydrogens (tertiary/aromatic N) is 1. The minimum Gasteiger partial charge on any atom is -0.280 e. The van der Waals surface area contributed by atoms with E-state index >= 15 is 0 Å². The molecule has 0 fully saturated rings. The minimum atomic E-state index is -3.78. The Morgan fingerprint density at radius 2 is 1.58 bits per heavy atom. The van der Waals surface area contributed by atoms with Crippen molar-refractivity contribution in [3.05, 3.63) is 52.6 Å². The van der Waals surface area contributed by atoms with E-state index in [4.69, 9.17) is 0 Å². The summed E-state index contributed by atoms with van der Waals surface area (Å²) in [5.74, 6) is 0. The third kappa shape index (κ3) is 3.43. The highest BCUT2D eigenvalue weighted by molar-refractivity contribution is 7.93. The quantitative estimate of drug-likeness (QED) is 0.864. The Balaban J connectivity index is 2.00. The first-order chi connectivity index (χ1) is 12.0. The van der Waals surface area contributed by atoms with Gasteiger partial charge in [0.25, 0.3) is 10.0 Å². The van der Waals surface area contributed by atoms with E-state index in [-0.39, 0.29) is 4.90 Å². The number of nitrogens with one attached hydrogen (secondary N) is 1. The van der Waals surface area contributed by atoms with E-state index in [2.05, 4.69) is 4.72 Å². The van der Waals surface area contributed by atoms with Gasteiger partial charge in [-0.25, -0.2) is 16.8 Å². The van der Waals surface area contributed by atoms with Crippen molar-refractivity contribution in [3.63, 3.8) is 0 Å². The summed E-state index contributed by atoms with van der Waals surface area (Å²) in [5, 5.41) is 0. The molecule has 0 spiro atoms. The van der Waals surface area contributed by atoms with E-state index < -0.39 is 20.0 Å². The zero-order chi connectivity index (χ0) is 19.3. The van der Waals surface area contributed by atoms with Crippen molar-refractivity contribution in [2.45, 2.75) is 32.1 Å². The minimum absolute atomic E-state index is 0.253. The lowest BCUT2D eigenvalue weighted by molar-refractivity contribution is 0.597. The van der Waals surface area contributed by atoms with E-state index in [1.54, 1.807) is 32.0 Å². The molecule has 0 radical (unpaired) electrons. The van der Waals surface area contributed by atoms with Crippen molar-refractivity contribution in [2.75, 3.05) is 21.8 Å². The molecule has 140 valence electrons. The van der Waals surface area contributed by atoms with Crippen LogP contribution in [0.15, 0.2) is 35.2 Å². The number of fused-ring (bicyclic) bond motifs is 1. The van der Waals surface area contributed by atoms with Gasteiger partial charge in [0.15, 0.2) is 0 Å². The number of sulfonamides is 2. The highest BCUT2D eigenvalue weighted by atomic mass is 32.2. The number of rotatable bonds is 4. The second kappa shape index (κ2) is 6.28. The maximum Gasteiger partial charge on any atom is 0.262 e.